The van der Waals surface area contributed by atoms with Gasteiger partial charge in [-0.05, 0) is 42.3 Å². The van der Waals surface area contributed by atoms with Gasteiger partial charge >= 0.3 is 0 Å². The second-order valence-electron chi connectivity index (χ2n) is 5.35. The highest BCUT2D eigenvalue weighted by atomic mass is 79.9. The topological polar surface area (TPSA) is 15.3 Å². The quantitative estimate of drug-likeness (QED) is 0.897. The van der Waals surface area contributed by atoms with Crippen molar-refractivity contribution < 1.29 is 0 Å². The molecule has 1 heterocycles. The number of rotatable bonds is 2. The molecule has 0 spiro atoms. The Kier molecular flexibility index (Phi) is 4.08. The zero-order chi connectivity index (χ0) is 13.9. The summed E-state index contributed by atoms with van der Waals surface area (Å²) in [4.78, 5) is 2.45. The lowest BCUT2D eigenvalue weighted by atomic mass is 10.1. The molecule has 0 saturated carbocycles. The molecule has 0 amide bonds. The van der Waals surface area contributed by atoms with Crippen LogP contribution in [0.1, 0.15) is 6.92 Å². The van der Waals surface area contributed by atoms with Gasteiger partial charge in [0, 0.05) is 35.8 Å². The Morgan fingerprint density at radius 3 is 2.20 bits per heavy atom. The van der Waals surface area contributed by atoms with Crippen LogP contribution in [0.3, 0.4) is 0 Å². The molecule has 0 aromatic heterocycles. The highest BCUT2D eigenvalue weighted by Gasteiger charge is 2.15. The molecule has 0 aliphatic carbocycles. The number of hydrogen-bond acceptors (Lipinski definition) is 2. The molecule has 1 fully saturated rings. The van der Waals surface area contributed by atoms with E-state index in [4.69, 9.17) is 0 Å². The van der Waals surface area contributed by atoms with Crippen LogP contribution in [0.2, 0.25) is 0 Å². The van der Waals surface area contributed by atoms with Crippen molar-refractivity contribution >= 4 is 21.6 Å². The minimum atomic E-state index is 0.565. The van der Waals surface area contributed by atoms with Crippen LogP contribution < -0.4 is 10.2 Å². The maximum Gasteiger partial charge on any atom is 0.0367 e. The third-order valence-corrected chi connectivity index (χ3v) is 4.31. The highest BCUT2D eigenvalue weighted by molar-refractivity contribution is 9.10. The number of nitrogens with zero attached hydrogens (tertiary/aromatic N) is 1. The number of benzene rings is 2. The SMILES string of the molecule is C[C@@H]1CN(c2ccc(-c3ccc(Br)cc3)cc2)CCN1. The molecular formula is C17H19BrN2. The minimum absolute atomic E-state index is 0.565. The molecule has 2 aromatic rings. The summed E-state index contributed by atoms with van der Waals surface area (Å²) < 4.78 is 1.12. The second-order valence-corrected chi connectivity index (χ2v) is 6.27. The fraction of sp³-hybridized carbons (Fsp3) is 0.294. The van der Waals surface area contributed by atoms with Crippen molar-refractivity contribution in [3.8, 4) is 11.1 Å². The van der Waals surface area contributed by atoms with Gasteiger partial charge in [0.2, 0.25) is 0 Å². The number of piperazine rings is 1. The Labute approximate surface area is 128 Å². The summed E-state index contributed by atoms with van der Waals surface area (Å²) in [6.45, 7) is 5.47. The Hall–Kier alpha value is -1.32. The average molecular weight is 331 g/mol. The van der Waals surface area contributed by atoms with Crippen LogP contribution in [-0.2, 0) is 0 Å². The first-order valence-electron chi connectivity index (χ1n) is 7.07. The van der Waals surface area contributed by atoms with E-state index in [0.29, 0.717) is 6.04 Å². The molecule has 20 heavy (non-hydrogen) atoms. The maximum absolute atomic E-state index is 3.48. The van der Waals surface area contributed by atoms with Gasteiger partial charge in [-0.2, -0.15) is 0 Å². The molecule has 104 valence electrons. The average Bonchev–Trinajstić information content (AvgIpc) is 2.48. The van der Waals surface area contributed by atoms with Gasteiger partial charge in [-0.15, -0.1) is 0 Å². The molecule has 1 aliphatic rings. The Morgan fingerprint density at radius 1 is 1.00 bits per heavy atom. The van der Waals surface area contributed by atoms with E-state index in [1.807, 2.05) is 0 Å². The predicted molar refractivity (Wildman–Crippen MR) is 89.3 cm³/mol. The van der Waals surface area contributed by atoms with Gasteiger partial charge in [0.05, 0.1) is 0 Å². The largest absolute Gasteiger partial charge is 0.369 e. The summed E-state index contributed by atoms with van der Waals surface area (Å²) in [5.74, 6) is 0. The third kappa shape index (κ3) is 3.05. The van der Waals surface area contributed by atoms with Crippen LogP contribution in [0.4, 0.5) is 5.69 Å². The first-order chi connectivity index (χ1) is 9.72. The van der Waals surface area contributed by atoms with Crippen LogP contribution in [0.15, 0.2) is 53.0 Å². The molecule has 0 radical (unpaired) electrons. The normalized spacial score (nSPS) is 19.1. The molecule has 0 unspecified atom stereocenters. The van der Waals surface area contributed by atoms with Gasteiger partial charge in [0.25, 0.3) is 0 Å². The molecule has 1 aliphatic heterocycles. The van der Waals surface area contributed by atoms with E-state index in [-0.39, 0.29) is 0 Å². The number of hydrogen-bond donors (Lipinski definition) is 1. The summed E-state index contributed by atoms with van der Waals surface area (Å²) in [5, 5.41) is 3.48. The molecule has 1 atom stereocenters. The second kappa shape index (κ2) is 5.98. The molecule has 2 aromatic carbocycles. The molecule has 1 saturated heterocycles. The van der Waals surface area contributed by atoms with Crippen molar-refractivity contribution in [3.63, 3.8) is 0 Å². The molecule has 3 rings (SSSR count). The van der Waals surface area contributed by atoms with E-state index < -0.39 is 0 Å². The molecule has 3 heteroatoms. The standard InChI is InChI=1S/C17H19BrN2/c1-13-12-20(11-10-19-13)17-8-4-15(5-9-17)14-2-6-16(18)7-3-14/h2-9,13,19H,10-12H2,1H3/t13-/m1/s1. The molecule has 0 bridgehead atoms. The van der Waals surface area contributed by atoms with Crippen molar-refractivity contribution in [3.05, 3.63) is 53.0 Å². The molecule has 2 nitrogen and oxygen atoms in total. The summed E-state index contributed by atoms with van der Waals surface area (Å²) in [7, 11) is 0. The lowest BCUT2D eigenvalue weighted by molar-refractivity contribution is 0.485. The van der Waals surface area contributed by atoms with Gasteiger partial charge < -0.3 is 10.2 Å². The summed E-state index contributed by atoms with van der Waals surface area (Å²) in [6.07, 6.45) is 0. The van der Waals surface area contributed by atoms with Crippen LogP contribution in [-0.4, -0.2) is 25.7 Å². The molecule has 1 N–H and O–H groups in total. The van der Waals surface area contributed by atoms with Gasteiger partial charge in [-0.25, -0.2) is 0 Å². The first kappa shape index (κ1) is 13.7. The lowest BCUT2D eigenvalue weighted by Gasteiger charge is -2.33. The Morgan fingerprint density at radius 2 is 1.60 bits per heavy atom. The van der Waals surface area contributed by atoms with Crippen molar-refractivity contribution in [2.45, 2.75) is 13.0 Å². The first-order valence-corrected chi connectivity index (χ1v) is 7.86. The van der Waals surface area contributed by atoms with Crippen molar-refractivity contribution in [1.29, 1.82) is 0 Å². The van der Waals surface area contributed by atoms with Crippen molar-refractivity contribution in [1.82, 2.24) is 5.32 Å². The zero-order valence-electron chi connectivity index (χ0n) is 11.6. The van der Waals surface area contributed by atoms with E-state index in [1.165, 1.54) is 16.8 Å². The maximum atomic E-state index is 3.48. The van der Waals surface area contributed by atoms with Crippen LogP contribution >= 0.6 is 15.9 Å². The highest BCUT2D eigenvalue weighted by Crippen LogP contribution is 2.25. The Bertz CT molecular complexity index is 563. The van der Waals surface area contributed by atoms with Gasteiger partial charge in [-0.3, -0.25) is 0 Å². The van der Waals surface area contributed by atoms with E-state index in [9.17, 15) is 0 Å². The third-order valence-electron chi connectivity index (χ3n) is 3.78. The van der Waals surface area contributed by atoms with E-state index in [1.54, 1.807) is 0 Å². The van der Waals surface area contributed by atoms with E-state index in [2.05, 4.69) is 81.6 Å². The van der Waals surface area contributed by atoms with E-state index >= 15 is 0 Å². The number of nitrogens with one attached hydrogen (secondary N) is 1. The van der Waals surface area contributed by atoms with Gasteiger partial charge in [-0.1, -0.05) is 40.2 Å². The minimum Gasteiger partial charge on any atom is -0.369 e. The van der Waals surface area contributed by atoms with E-state index in [0.717, 1.165) is 24.1 Å². The summed E-state index contributed by atoms with van der Waals surface area (Å²) in [5.41, 5.74) is 3.84. The summed E-state index contributed by atoms with van der Waals surface area (Å²) in [6, 6.07) is 17.9. The van der Waals surface area contributed by atoms with Crippen LogP contribution in [0.5, 0.6) is 0 Å². The number of anilines is 1. The fourth-order valence-corrected chi connectivity index (χ4v) is 2.94. The zero-order valence-corrected chi connectivity index (χ0v) is 13.2. The fourth-order valence-electron chi connectivity index (χ4n) is 2.67. The monoisotopic (exact) mass is 330 g/mol. The van der Waals surface area contributed by atoms with Gasteiger partial charge in [0.15, 0.2) is 0 Å². The lowest BCUT2D eigenvalue weighted by Crippen LogP contribution is -2.49. The van der Waals surface area contributed by atoms with Crippen molar-refractivity contribution in [2.75, 3.05) is 24.5 Å². The predicted octanol–water partition coefficient (Wildman–Crippen LogP) is 3.91. The number of halogens is 1. The molecular weight excluding hydrogens is 312 g/mol. The van der Waals surface area contributed by atoms with Crippen LogP contribution in [0.25, 0.3) is 11.1 Å². The van der Waals surface area contributed by atoms with Crippen LogP contribution in [0, 0.1) is 0 Å². The smallest absolute Gasteiger partial charge is 0.0367 e. The van der Waals surface area contributed by atoms with Gasteiger partial charge in [0.1, 0.15) is 0 Å². The Balaban J connectivity index is 1.78. The summed E-state index contributed by atoms with van der Waals surface area (Å²) >= 11 is 3.47. The van der Waals surface area contributed by atoms with Crippen molar-refractivity contribution in [2.24, 2.45) is 0 Å².